The molecule has 1 amide bonds. The van der Waals surface area contributed by atoms with E-state index in [1.807, 2.05) is 48.5 Å². The molecule has 0 radical (unpaired) electrons. The highest BCUT2D eigenvalue weighted by Crippen LogP contribution is 2.33. The SMILES string of the molecule is C=CCN(CC=C)S(=O)(=O)c1ccc(C(=O)N(Cc2ccccc2)c2nc3ccc(OC)cc3s2)cc1. The molecule has 0 saturated carbocycles. The Morgan fingerprint density at radius 3 is 2.30 bits per heavy atom. The molecule has 7 nitrogen and oxygen atoms in total. The molecule has 0 N–H and O–H groups in total. The van der Waals surface area contributed by atoms with E-state index in [9.17, 15) is 13.2 Å². The topological polar surface area (TPSA) is 79.8 Å². The van der Waals surface area contributed by atoms with Gasteiger partial charge in [-0.05, 0) is 48.0 Å². The molecular formula is C28H27N3O4S2. The number of nitrogens with zero attached hydrogens (tertiary/aromatic N) is 3. The minimum absolute atomic E-state index is 0.0921. The molecule has 1 heterocycles. The highest BCUT2D eigenvalue weighted by molar-refractivity contribution is 7.89. The van der Waals surface area contributed by atoms with E-state index in [1.54, 1.807) is 12.0 Å². The van der Waals surface area contributed by atoms with Crippen LogP contribution in [0.1, 0.15) is 15.9 Å². The van der Waals surface area contributed by atoms with Crippen LogP contribution in [0.3, 0.4) is 0 Å². The first kappa shape index (κ1) is 26.3. The number of ether oxygens (including phenoxy) is 1. The quantitative estimate of drug-likeness (QED) is 0.237. The predicted molar refractivity (Wildman–Crippen MR) is 149 cm³/mol. The maximum absolute atomic E-state index is 13.7. The number of aromatic nitrogens is 1. The van der Waals surface area contributed by atoms with Crippen molar-refractivity contribution in [1.82, 2.24) is 9.29 Å². The van der Waals surface area contributed by atoms with Crippen LogP contribution in [0.2, 0.25) is 0 Å². The second-order valence-electron chi connectivity index (χ2n) is 8.13. The summed E-state index contributed by atoms with van der Waals surface area (Å²) in [7, 11) is -2.17. The van der Waals surface area contributed by atoms with Gasteiger partial charge in [-0.3, -0.25) is 9.69 Å². The lowest BCUT2D eigenvalue weighted by molar-refractivity contribution is 0.0985. The normalized spacial score (nSPS) is 11.4. The van der Waals surface area contributed by atoms with Gasteiger partial charge in [-0.15, -0.1) is 13.2 Å². The Labute approximate surface area is 221 Å². The monoisotopic (exact) mass is 533 g/mol. The van der Waals surface area contributed by atoms with Crippen molar-refractivity contribution in [3.63, 3.8) is 0 Å². The van der Waals surface area contributed by atoms with E-state index < -0.39 is 10.0 Å². The fourth-order valence-electron chi connectivity index (χ4n) is 3.76. The molecule has 9 heteroatoms. The Bertz CT molecular complexity index is 1500. The first-order valence-corrected chi connectivity index (χ1v) is 13.8. The Morgan fingerprint density at radius 1 is 1.00 bits per heavy atom. The molecule has 0 unspecified atom stereocenters. The Kier molecular flexibility index (Phi) is 8.17. The zero-order valence-corrected chi connectivity index (χ0v) is 22.0. The molecule has 0 bridgehead atoms. The predicted octanol–water partition coefficient (Wildman–Crippen LogP) is 5.51. The number of sulfonamides is 1. The lowest BCUT2D eigenvalue weighted by Gasteiger charge is -2.21. The van der Waals surface area contributed by atoms with E-state index in [0.717, 1.165) is 15.8 Å². The molecule has 37 heavy (non-hydrogen) atoms. The zero-order chi connectivity index (χ0) is 26.4. The standard InChI is InChI=1S/C28H27N3O4S2/c1-4-17-30(18-5-2)37(33,34)24-14-11-22(12-15-24)27(32)31(20-21-9-7-6-8-10-21)28-29-25-16-13-23(35-3)19-26(25)36-28/h4-16,19H,1-2,17-18,20H2,3H3. The molecule has 0 fully saturated rings. The maximum Gasteiger partial charge on any atom is 0.260 e. The number of rotatable bonds is 11. The third-order valence-electron chi connectivity index (χ3n) is 5.65. The fourth-order valence-corrected chi connectivity index (χ4v) is 6.13. The number of hydrogen-bond acceptors (Lipinski definition) is 6. The average molecular weight is 534 g/mol. The summed E-state index contributed by atoms with van der Waals surface area (Å²) >= 11 is 1.39. The van der Waals surface area contributed by atoms with Crippen LogP contribution in [0.4, 0.5) is 5.13 Å². The van der Waals surface area contributed by atoms with Gasteiger partial charge in [0.05, 0.1) is 28.8 Å². The molecule has 1 aromatic heterocycles. The van der Waals surface area contributed by atoms with Crippen molar-refractivity contribution in [2.24, 2.45) is 0 Å². The van der Waals surface area contributed by atoms with Gasteiger partial charge in [0.2, 0.25) is 10.0 Å². The fraction of sp³-hybridized carbons (Fsp3) is 0.143. The molecule has 0 spiro atoms. The van der Waals surface area contributed by atoms with Gasteiger partial charge < -0.3 is 4.74 Å². The molecule has 0 atom stereocenters. The van der Waals surface area contributed by atoms with Gasteiger partial charge in [-0.2, -0.15) is 4.31 Å². The van der Waals surface area contributed by atoms with Crippen LogP contribution in [0.5, 0.6) is 5.75 Å². The summed E-state index contributed by atoms with van der Waals surface area (Å²) in [5.41, 5.74) is 2.06. The lowest BCUT2D eigenvalue weighted by atomic mass is 10.1. The van der Waals surface area contributed by atoms with Gasteiger partial charge in [0.1, 0.15) is 5.75 Å². The second kappa shape index (κ2) is 11.5. The summed E-state index contributed by atoms with van der Waals surface area (Å²) in [6.07, 6.45) is 3.04. The smallest absolute Gasteiger partial charge is 0.260 e. The molecule has 0 aliphatic rings. The molecule has 4 aromatic rings. The van der Waals surface area contributed by atoms with Gasteiger partial charge in [0.25, 0.3) is 5.91 Å². The first-order chi connectivity index (χ1) is 17.9. The van der Waals surface area contributed by atoms with Gasteiger partial charge in [-0.1, -0.05) is 53.8 Å². The molecule has 0 saturated heterocycles. The second-order valence-corrected chi connectivity index (χ2v) is 11.1. The summed E-state index contributed by atoms with van der Waals surface area (Å²) in [4.78, 5) is 20.1. The van der Waals surface area contributed by atoms with Gasteiger partial charge >= 0.3 is 0 Å². The van der Waals surface area contributed by atoms with Crippen molar-refractivity contribution in [2.75, 3.05) is 25.1 Å². The Hall–Kier alpha value is -3.79. The average Bonchev–Trinajstić information content (AvgIpc) is 3.35. The summed E-state index contributed by atoms with van der Waals surface area (Å²) in [5, 5.41) is 0.539. The summed E-state index contributed by atoms with van der Waals surface area (Å²) in [5.74, 6) is 0.426. The number of carbonyl (C=O) groups is 1. The first-order valence-electron chi connectivity index (χ1n) is 11.5. The van der Waals surface area contributed by atoms with Gasteiger partial charge in [0.15, 0.2) is 5.13 Å². The minimum Gasteiger partial charge on any atom is -0.497 e. The largest absolute Gasteiger partial charge is 0.497 e. The van der Waals surface area contributed by atoms with Crippen molar-refractivity contribution in [3.05, 3.63) is 109 Å². The third kappa shape index (κ3) is 5.80. The molecule has 4 rings (SSSR count). The minimum atomic E-state index is -3.77. The van der Waals surface area contributed by atoms with E-state index in [-0.39, 0.29) is 23.9 Å². The Balaban J connectivity index is 1.69. The highest BCUT2D eigenvalue weighted by Gasteiger charge is 2.25. The van der Waals surface area contributed by atoms with Crippen LogP contribution in [0, 0.1) is 0 Å². The number of hydrogen-bond donors (Lipinski definition) is 0. The van der Waals surface area contributed by atoms with Crippen LogP contribution in [0.25, 0.3) is 10.2 Å². The number of carbonyl (C=O) groups excluding carboxylic acids is 1. The van der Waals surface area contributed by atoms with Crippen LogP contribution in [-0.2, 0) is 16.6 Å². The molecule has 0 aliphatic carbocycles. The molecule has 190 valence electrons. The van der Waals surface area contributed by atoms with E-state index in [1.165, 1.54) is 52.1 Å². The maximum atomic E-state index is 13.7. The van der Waals surface area contributed by atoms with Gasteiger partial charge in [0, 0.05) is 18.7 Å². The number of fused-ring (bicyclic) bond motifs is 1. The van der Waals surface area contributed by atoms with Crippen molar-refractivity contribution in [3.8, 4) is 5.75 Å². The van der Waals surface area contributed by atoms with Crippen LogP contribution in [0.15, 0.2) is 103 Å². The third-order valence-corrected chi connectivity index (χ3v) is 8.54. The summed E-state index contributed by atoms with van der Waals surface area (Å²) in [6.45, 7) is 7.88. The number of thiazole rings is 1. The molecule has 3 aromatic carbocycles. The van der Waals surface area contributed by atoms with Gasteiger partial charge in [-0.25, -0.2) is 13.4 Å². The number of benzene rings is 3. The van der Waals surface area contributed by atoms with E-state index in [4.69, 9.17) is 9.72 Å². The van der Waals surface area contributed by atoms with E-state index in [2.05, 4.69) is 13.2 Å². The van der Waals surface area contributed by atoms with Crippen LogP contribution in [-0.4, -0.2) is 43.8 Å². The molecular weight excluding hydrogens is 506 g/mol. The lowest BCUT2D eigenvalue weighted by Crippen LogP contribution is -2.32. The van der Waals surface area contributed by atoms with E-state index in [0.29, 0.717) is 23.0 Å². The van der Waals surface area contributed by atoms with Crippen LogP contribution >= 0.6 is 11.3 Å². The number of anilines is 1. The number of amides is 1. The van der Waals surface area contributed by atoms with E-state index >= 15 is 0 Å². The van der Waals surface area contributed by atoms with Crippen molar-refractivity contribution in [2.45, 2.75) is 11.4 Å². The highest BCUT2D eigenvalue weighted by atomic mass is 32.2. The zero-order valence-electron chi connectivity index (χ0n) is 20.4. The van der Waals surface area contributed by atoms with Crippen molar-refractivity contribution >= 4 is 42.6 Å². The summed E-state index contributed by atoms with van der Waals surface area (Å²) in [6, 6.07) is 21.2. The van der Waals surface area contributed by atoms with Crippen molar-refractivity contribution < 1.29 is 17.9 Å². The Morgan fingerprint density at radius 2 is 1.68 bits per heavy atom. The van der Waals surface area contributed by atoms with Crippen LogP contribution < -0.4 is 9.64 Å². The molecule has 0 aliphatic heterocycles. The van der Waals surface area contributed by atoms with Crippen molar-refractivity contribution in [1.29, 1.82) is 0 Å². The number of methoxy groups -OCH3 is 1. The summed E-state index contributed by atoms with van der Waals surface area (Å²) < 4.78 is 33.6.